The third-order valence-corrected chi connectivity index (χ3v) is 1.36. The minimum absolute atomic E-state index is 0.439. The van der Waals surface area contributed by atoms with Crippen LogP contribution in [0, 0.1) is 0 Å². The van der Waals surface area contributed by atoms with Crippen LogP contribution in [0.5, 0.6) is 0 Å². The van der Waals surface area contributed by atoms with Gasteiger partial charge >= 0.3 is 0 Å². The van der Waals surface area contributed by atoms with E-state index >= 15 is 0 Å². The molecule has 0 rings (SSSR count). The van der Waals surface area contributed by atoms with Crippen LogP contribution >= 0.6 is 0 Å². The number of hydrogen-bond donors (Lipinski definition) is 1. The Hall–Kier alpha value is -0.160. The molecule has 2 N–H and O–H groups in total. The fraction of sp³-hybridized carbons (Fsp3) is 1.00. The van der Waals surface area contributed by atoms with Crippen molar-refractivity contribution in [3.8, 4) is 0 Å². The quantitative estimate of drug-likeness (QED) is 0.416. The van der Waals surface area contributed by atoms with Gasteiger partial charge in [-0.15, -0.1) is 0 Å². The first-order valence-electron chi connectivity index (χ1n) is 4.39. The molecule has 0 aromatic carbocycles. The Balaban J connectivity index is 2.73. The van der Waals surface area contributed by atoms with E-state index in [9.17, 15) is 0 Å². The largest absolute Gasteiger partial charge is 0.379 e. The average molecular weight is 177 g/mol. The van der Waals surface area contributed by atoms with Crippen LogP contribution in [0.4, 0.5) is 0 Å². The Labute approximate surface area is 73.9 Å². The Bertz CT molecular complexity index is 70.7. The number of rotatable bonds is 9. The van der Waals surface area contributed by atoms with E-state index in [0.29, 0.717) is 26.4 Å². The molecule has 12 heavy (non-hydrogen) atoms. The van der Waals surface area contributed by atoms with Crippen LogP contribution in [0.25, 0.3) is 0 Å². The highest BCUT2D eigenvalue weighted by atomic mass is 16.6. The Morgan fingerprint density at radius 2 is 1.50 bits per heavy atom. The van der Waals surface area contributed by atoms with Gasteiger partial charge in [-0.05, 0) is 6.42 Å². The Morgan fingerprint density at radius 1 is 0.917 bits per heavy atom. The number of nitrogens with two attached hydrogens (primary N) is 1. The third-order valence-electron chi connectivity index (χ3n) is 1.36. The van der Waals surface area contributed by atoms with E-state index in [4.69, 9.17) is 15.4 Å². The second kappa shape index (κ2) is 10.8. The predicted molar refractivity (Wildman–Crippen MR) is 46.7 cm³/mol. The molecule has 0 heterocycles. The first-order valence-corrected chi connectivity index (χ1v) is 4.39. The van der Waals surface area contributed by atoms with Crippen molar-refractivity contribution in [3.63, 3.8) is 0 Å². The summed E-state index contributed by atoms with van der Waals surface area (Å²) in [7, 11) is 0. The molecule has 0 aliphatic carbocycles. The van der Waals surface area contributed by atoms with E-state index in [1.165, 1.54) is 6.42 Å². The molecule has 0 spiro atoms. The van der Waals surface area contributed by atoms with Gasteiger partial charge in [-0.2, -0.15) is 0 Å². The van der Waals surface area contributed by atoms with Gasteiger partial charge in [0.15, 0.2) is 0 Å². The van der Waals surface area contributed by atoms with Crippen molar-refractivity contribution in [2.75, 3.05) is 33.0 Å². The molecular weight excluding hydrogens is 158 g/mol. The van der Waals surface area contributed by atoms with E-state index in [1.54, 1.807) is 0 Å². The molecule has 0 bridgehead atoms. The summed E-state index contributed by atoms with van der Waals surface area (Å²) < 4.78 is 10.4. The van der Waals surface area contributed by atoms with Gasteiger partial charge in [-0.1, -0.05) is 13.3 Å². The summed E-state index contributed by atoms with van der Waals surface area (Å²) in [6, 6.07) is 0. The Kier molecular flexibility index (Phi) is 10.7. The highest BCUT2D eigenvalue weighted by Gasteiger charge is 1.88. The van der Waals surface area contributed by atoms with Crippen LogP contribution in [-0.4, -0.2) is 33.0 Å². The maximum atomic E-state index is 5.26. The maximum absolute atomic E-state index is 5.26. The van der Waals surface area contributed by atoms with Gasteiger partial charge in [0.05, 0.1) is 26.4 Å². The summed E-state index contributed by atoms with van der Waals surface area (Å²) >= 11 is 0. The van der Waals surface area contributed by atoms with Crippen molar-refractivity contribution >= 4 is 0 Å². The molecule has 0 aliphatic heterocycles. The van der Waals surface area contributed by atoms with Crippen molar-refractivity contribution in [2.45, 2.75) is 19.8 Å². The molecule has 0 fully saturated rings. The van der Waals surface area contributed by atoms with Crippen LogP contribution in [0.2, 0.25) is 0 Å². The molecule has 0 unspecified atom stereocenters. The monoisotopic (exact) mass is 177 g/mol. The van der Waals surface area contributed by atoms with Gasteiger partial charge in [0, 0.05) is 6.61 Å². The van der Waals surface area contributed by atoms with E-state index in [1.807, 2.05) is 0 Å². The second-order valence-corrected chi connectivity index (χ2v) is 2.45. The van der Waals surface area contributed by atoms with Crippen LogP contribution in [-0.2, 0) is 14.3 Å². The standard InChI is InChI=1S/C8H19NO3/c1-2-3-4-10-5-6-11-7-8-12-9/h2-9H2,1H3. The molecule has 4 nitrogen and oxygen atoms in total. The minimum atomic E-state index is 0.439. The van der Waals surface area contributed by atoms with Crippen molar-refractivity contribution < 1.29 is 14.3 Å². The molecule has 4 heteroatoms. The van der Waals surface area contributed by atoms with Gasteiger partial charge in [0.25, 0.3) is 0 Å². The summed E-state index contributed by atoms with van der Waals surface area (Å²) in [4.78, 5) is 4.32. The summed E-state index contributed by atoms with van der Waals surface area (Å²) in [5, 5.41) is 0. The van der Waals surface area contributed by atoms with Crippen molar-refractivity contribution in [1.82, 2.24) is 0 Å². The predicted octanol–water partition coefficient (Wildman–Crippen LogP) is 0.710. The topological polar surface area (TPSA) is 53.7 Å². The van der Waals surface area contributed by atoms with Gasteiger partial charge in [0.1, 0.15) is 0 Å². The van der Waals surface area contributed by atoms with E-state index in [-0.39, 0.29) is 0 Å². The normalized spacial score (nSPS) is 10.5. The fourth-order valence-corrected chi connectivity index (χ4v) is 0.675. The smallest absolute Gasteiger partial charge is 0.0913 e. The summed E-state index contributed by atoms with van der Waals surface area (Å²) in [6.07, 6.45) is 2.29. The van der Waals surface area contributed by atoms with Crippen LogP contribution in [0.15, 0.2) is 0 Å². The average Bonchev–Trinajstić information content (AvgIpc) is 2.10. The maximum Gasteiger partial charge on any atom is 0.0913 e. The SMILES string of the molecule is CCCCOCCOCCON. The van der Waals surface area contributed by atoms with Crippen LogP contribution in [0.3, 0.4) is 0 Å². The highest BCUT2D eigenvalue weighted by molar-refractivity contribution is 4.33. The second-order valence-electron chi connectivity index (χ2n) is 2.45. The molecule has 0 aliphatic rings. The molecule has 0 radical (unpaired) electrons. The van der Waals surface area contributed by atoms with Crippen molar-refractivity contribution in [2.24, 2.45) is 5.90 Å². The molecule has 74 valence electrons. The molecule has 0 aromatic heterocycles. The van der Waals surface area contributed by atoms with E-state index in [2.05, 4.69) is 11.8 Å². The first-order chi connectivity index (χ1) is 5.91. The van der Waals surface area contributed by atoms with E-state index in [0.717, 1.165) is 13.0 Å². The zero-order chi connectivity index (χ0) is 9.07. The lowest BCUT2D eigenvalue weighted by Crippen LogP contribution is -2.11. The zero-order valence-electron chi connectivity index (χ0n) is 7.75. The minimum Gasteiger partial charge on any atom is -0.379 e. The zero-order valence-corrected chi connectivity index (χ0v) is 7.75. The number of unbranched alkanes of at least 4 members (excludes halogenated alkanes) is 1. The molecule has 0 amide bonds. The molecule has 0 saturated heterocycles. The summed E-state index contributed by atoms with van der Waals surface area (Å²) in [5.41, 5.74) is 0. The van der Waals surface area contributed by atoms with Gasteiger partial charge in [-0.3, -0.25) is 0 Å². The molecule has 0 atom stereocenters. The van der Waals surface area contributed by atoms with Crippen LogP contribution < -0.4 is 5.90 Å². The lowest BCUT2D eigenvalue weighted by atomic mass is 10.4. The van der Waals surface area contributed by atoms with Crippen molar-refractivity contribution in [1.29, 1.82) is 0 Å². The van der Waals surface area contributed by atoms with Crippen molar-refractivity contribution in [3.05, 3.63) is 0 Å². The Morgan fingerprint density at radius 3 is 2.08 bits per heavy atom. The fourth-order valence-electron chi connectivity index (χ4n) is 0.675. The van der Waals surface area contributed by atoms with E-state index < -0.39 is 0 Å². The summed E-state index contributed by atoms with van der Waals surface area (Å²) in [6.45, 7) is 5.21. The van der Waals surface area contributed by atoms with Crippen LogP contribution in [0.1, 0.15) is 19.8 Å². The summed E-state index contributed by atoms with van der Waals surface area (Å²) in [5.74, 6) is 4.80. The first kappa shape index (κ1) is 11.8. The number of hydrogen-bond acceptors (Lipinski definition) is 4. The third kappa shape index (κ3) is 9.84. The molecule has 0 aromatic rings. The van der Waals surface area contributed by atoms with Gasteiger partial charge in [-0.25, -0.2) is 5.90 Å². The molecule has 0 saturated carbocycles. The lowest BCUT2D eigenvalue weighted by molar-refractivity contribution is 0.0138. The molecular formula is C8H19NO3. The van der Waals surface area contributed by atoms with Gasteiger partial charge in [0.2, 0.25) is 0 Å². The number of ether oxygens (including phenoxy) is 2. The highest BCUT2D eigenvalue weighted by Crippen LogP contribution is 1.87. The van der Waals surface area contributed by atoms with Gasteiger partial charge < -0.3 is 14.3 Å². The lowest BCUT2D eigenvalue weighted by Gasteiger charge is -2.03.